The van der Waals surface area contributed by atoms with Crippen LogP contribution in [0.1, 0.15) is 34.1 Å². The van der Waals surface area contributed by atoms with E-state index in [1.165, 1.54) is 0 Å². The number of hydrogen-bond acceptors (Lipinski definition) is 3. The van der Waals surface area contributed by atoms with Gasteiger partial charge in [-0.3, -0.25) is 9.59 Å². The van der Waals surface area contributed by atoms with Crippen LogP contribution in [0.3, 0.4) is 0 Å². The number of carbonyl (C=O) groups excluding carboxylic acids is 1. The van der Waals surface area contributed by atoms with Crippen molar-refractivity contribution in [2.45, 2.75) is 40.2 Å². The minimum atomic E-state index is -0.912. The van der Waals surface area contributed by atoms with Gasteiger partial charge < -0.3 is 16.2 Å². The molecule has 1 atom stereocenters. The molecule has 0 saturated carbocycles. The van der Waals surface area contributed by atoms with E-state index in [9.17, 15) is 9.59 Å². The van der Waals surface area contributed by atoms with Crippen molar-refractivity contribution in [3.8, 4) is 0 Å². The molecule has 0 aliphatic rings. The number of rotatable bonds is 6. The number of nitrogens with one attached hydrogen (secondary N) is 1. The fourth-order valence-electron chi connectivity index (χ4n) is 1.10. The summed E-state index contributed by atoms with van der Waals surface area (Å²) in [4.78, 5) is 22.4. The summed E-state index contributed by atoms with van der Waals surface area (Å²) < 4.78 is 0. The molecule has 0 radical (unpaired) electrons. The second-order valence-corrected chi connectivity index (χ2v) is 5.01. The predicted molar refractivity (Wildman–Crippen MR) is 61.9 cm³/mol. The normalized spacial score (nSPS) is 13.6. The fourth-order valence-corrected chi connectivity index (χ4v) is 1.10. The molecule has 0 aromatic carbocycles. The smallest absolute Gasteiger partial charge is 0.305 e. The van der Waals surface area contributed by atoms with Crippen LogP contribution in [0, 0.1) is 11.3 Å². The van der Waals surface area contributed by atoms with Gasteiger partial charge in [-0.2, -0.15) is 0 Å². The van der Waals surface area contributed by atoms with Crippen LogP contribution >= 0.6 is 0 Å². The first-order valence-corrected chi connectivity index (χ1v) is 5.43. The molecule has 0 rings (SSSR count). The third kappa shape index (κ3) is 4.61. The largest absolute Gasteiger partial charge is 0.481 e. The van der Waals surface area contributed by atoms with Crippen molar-refractivity contribution in [2.75, 3.05) is 6.54 Å². The summed E-state index contributed by atoms with van der Waals surface area (Å²) in [6, 6.07) is -0.351. The van der Waals surface area contributed by atoms with E-state index in [0.717, 1.165) is 0 Å². The van der Waals surface area contributed by atoms with Crippen molar-refractivity contribution < 1.29 is 14.7 Å². The molecule has 5 heteroatoms. The van der Waals surface area contributed by atoms with Gasteiger partial charge in [-0.25, -0.2) is 0 Å². The predicted octanol–water partition coefficient (Wildman–Crippen LogP) is 0.587. The number of amides is 1. The fraction of sp³-hybridized carbons (Fsp3) is 0.818. The van der Waals surface area contributed by atoms with Gasteiger partial charge >= 0.3 is 5.97 Å². The van der Waals surface area contributed by atoms with Gasteiger partial charge in [0.2, 0.25) is 5.91 Å². The highest BCUT2D eigenvalue weighted by Gasteiger charge is 2.29. The third-order valence-electron chi connectivity index (χ3n) is 2.64. The Balaban J connectivity index is 4.52. The standard InChI is InChI=1S/C11H22N2O3/c1-7(2)8(5-9(14)15)13-10(16)11(3,4)6-12/h7-8H,5-6,12H2,1-4H3,(H,13,16)(H,14,15). The van der Waals surface area contributed by atoms with Gasteiger partial charge in [0.1, 0.15) is 0 Å². The van der Waals surface area contributed by atoms with E-state index in [-0.39, 0.29) is 30.8 Å². The summed E-state index contributed by atoms with van der Waals surface area (Å²) in [6.07, 6.45) is -0.0654. The molecule has 0 fully saturated rings. The molecule has 0 heterocycles. The first-order valence-electron chi connectivity index (χ1n) is 5.43. The number of aliphatic carboxylic acids is 1. The monoisotopic (exact) mass is 230 g/mol. The zero-order valence-electron chi connectivity index (χ0n) is 10.4. The first-order chi connectivity index (χ1) is 7.20. The number of carboxylic acid groups (broad SMARTS) is 1. The molecule has 5 nitrogen and oxygen atoms in total. The minimum Gasteiger partial charge on any atom is -0.481 e. The van der Waals surface area contributed by atoms with Crippen molar-refractivity contribution in [3.05, 3.63) is 0 Å². The first kappa shape index (κ1) is 14.9. The quantitative estimate of drug-likeness (QED) is 0.622. The van der Waals surface area contributed by atoms with Gasteiger partial charge in [0.15, 0.2) is 0 Å². The van der Waals surface area contributed by atoms with E-state index < -0.39 is 11.4 Å². The lowest BCUT2D eigenvalue weighted by Crippen LogP contribution is -2.48. The summed E-state index contributed by atoms with van der Waals surface area (Å²) in [7, 11) is 0. The summed E-state index contributed by atoms with van der Waals surface area (Å²) in [5, 5.41) is 11.5. The molecular weight excluding hydrogens is 208 g/mol. The van der Waals surface area contributed by atoms with Crippen molar-refractivity contribution >= 4 is 11.9 Å². The Morgan fingerprint density at radius 1 is 1.38 bits per heavy atom. The Labute approximate surface area is 96.4 Å². The highest BCUT2D eigenvalue weighted by Crippen LogP contribution is 2.15. The molecule has 0 aromatic rings. The van der Waals surface area contributed by atoms with E-state index in [0.29, 0.717) is 0 Å². The third-order valence-corrected chi connectivity index (χ3v) is 2.64. The zero-order chi connectivity index (χ0) is 12.9. The molecule has 0 aliphatic carbocycles. The molecule has 0 aromatic heterocycles. The molecule has 0 spiro atoms. The number of carbonyl (C=O) groups is 2. The summed E-state index contributed by atoms with van der Waals surface area (Å²) in [6.45, 7) is 7.46. The summed E-state index contributed by atoms with van der Waals surface area (Å²) in [5.41, 5.74) is 4.82. The highest BCUT2D eigenvalue weighted by molar-refractivity contribution is 5.83. The van der Waals surface area contributed by atoms with Gasteiger partial charge in [0, 0.05) is 12.6 Å². The van der Waals surface area contributed by atoms with Crippen LogP contribution in [0.5, 0.6) is 0 Å². The molecular formula is C11H22N2O3. The molecule has 0 bridgehead atoms. The Morgan fingerprint density at radius 2 is 1.88 bits per heavy atom. The van der Waals surface area contributed by atoms with Gasteiger partial charge in [-0.05, 0) is 19.8 Å². The Kier molecular flexibility index (Phi) is 5.44. The Morgan fingerprint density at radius 3 is 2.19 bits per heavy atom. The van der Waals surface area contributed by atoms with Gasteiger partial charge in [0.25, 0.3) is 0 Å². The zero-order valence-corrected chi connectivity index (χ0v) is 10.4. The Hall–Kier alpha value is -1.10. The minimum absolute atomic E-state index is 0.0654. The maximum absolute atomic E-state index is 11.8. The maximum atomic E-state index is 11.8. The number of hydrogen-bond donors (Lipinski definition) is 3. The van der Waals surface area contributed by atoms with E-state index >= 15 is 0 Å². The van der Waals surface area contributed by atoms with Crippen molar-refractivity contribution in [1.29, 1.82) is 0 Å². The summed E-state index contributed by atoms with van der Waals surface area (Å²) in [5.74, 6) is -1.03. The van der Waals surface area contributed by atoms with E-state index in [1.807, 2.05) is 13.8 Å². The van der Waals surface area contributed by atoms with Crippen LogP contribution in [0.25, 0.3) is 0 Å². The van der Waals surface area contributed by atoms with E-state index in [4.69, 9.17) is 10.8 Å². The van der Waals surface area contributed by atoms with Crippen LogP contribution in [0.15, 0.2) is 0 Å². The lowest BCUT2D eigenvalue weighted by molar-refractivity contribution is -0.138. The second kappa shape index (κ2) is 5.84. The lowest BCUT2D eigenvalue weighted by atomic mass is 9.91. The van der Waals surface area contributed by atoms with Crippen LogP contribution < -0.4 is 11.1 Å². The SMILES string of the molecule is CC(C)C(CC(=O)O)NC(=O)C(C)(C)CN. The highest BCUT2D eigenvalue weighted by atomic mass is 16.4. The topological polar surface area (TPSA) is 92.4 Å². The Bertz CT molecular complexity index is 262. The lowest BCUT2D eigenvalue weighted by Gasteiger charge is -2.27. The number of carboxylic acids is 1. The van der Waals surface area contributed by atoms with Crippen LogP contribution in [0.2, 0.25) is 0 Å². The molecule has 0 aliphatic heterocycles. The molecule has 94 valence electrons. The average molecular weight is 230 g/mol. The molecule has 1 amide bonds. The van der Waals surface area contributed by atoms with Crippen molar-refractivity contribution in [2.24, 2.45) is 17.1 Å². The van der Waals surface area contributed by atoms with Gasteiger partial charge in [-0.15, -0.1) is 0 Å². The van der Waals surface area contributed by atoms with Crippen molar-refractivity contribution in [1.82, 2.24) is 5.32 Å². The average Bonchev–Trinajstić information content (AvgIpc) is 2.15. The van der Waals surface area contributed by atoms with Crippen LogP contribution in [-0.4, -0.2) is 29.6 Å². The molecule has 16 heavy (non-hydrogen) atoms. The molecule has 0 saturated heterocycles. The van der Waals surface area contributed by atoms with Gasteiger partial charge in [0.05, 0.1) is 11.8 Å². The second-order valence-electron chi connectivity index (χ2n) is 5.01. The summed E-state index contributed by atoms with van der Waals surface area (Å²) >= 11 is 0. The molecule has 4 N–H and O–H groups in total. The molecule has 1 unspecified atom stereocenters. The van der Waals surface area contributed by atoms with Crippen molar-refractivity contribution in [3.63, 3.8) is 0 Å². The van der Waals surface area contributed by atoms with Crippen LogP contribution in [0.4, 0.5) is 0 Å². The number of nitrogens with two attached hydrogens (primary N) is 1. The van der Waals surface area contributed by atoms with E-state index in [2.05, 4.69) is 5.32 Å². The maximum Gasteiger partial charge on any atom is 0.305 e. The van der Waals surface area contributed by atoms with Crippen LogP contribution in [-0.2, 0) is 9.59 Å². The van der Waals surface area contributed by atoms with Gasteiger partial charge in [-0.1, -0.05) is 13.8 Å². The van der Waals surface area contributed by atoms with E-state index in [1.54, 1.807) is 13.8 Å².